The standard InChI is InChI=1S/C24H31NO3/c1-4-18(2)25-23(26)24(13-15-28-16-14-24)17-19-9-11-20(12-10-19)21-7-5-6-8-22(21)27-3/h5-12,18H,4,13-17H2,1-3H3,(H,25,26). The summed E-state index contributed by atoms with van der Waals surface area (Å²) in [4.78, 5) is 13.1. The predicted molar refractivity (Wildman–Crippen MR) is 113 cm³/mol. The summed E-state index contributed by atoms with van der Waals surface area (Å²) in [5, 5.41) is 3.20. The van der Waals surface area contributed by atoms with Crippen LogP contribution in [0.1, 0.15) is 38.7 Å². The van der Waals surface area contributed by atoms with Crippen LogP contribution in [0.5, 0.6) is 5.75 Å². The van der Waals surface area contributed by atoms with Crippen LogP contribution in [0.15, 0.2) is 48.5 Å². The number of carbonyl (C=O) groups excluding carboxylic acids is 1. The van der Waals surface area contributed by atoms with Crippen LogP contribution < -0.4 is 10.1 Å². The molecule has 1 atom stereocenters. The summed E-state index contributed by atoms with van der Waals surface area (Å²) in [6, 6.07) is 16.7. The molecule has 1 amide bonds. The molecular formula is C24H31NO3. The van der Waals surface area contributed by atoms with Crippen LogP contribution in [0.2, 0.25) is 0 Å². The van der Waals surface area contributed by atoms with E-state index in [1.54, 1.807) is 7.11 Å². The van der Waals surface area contributed by atoms with Gasteiger partial charge in [0.25, 0.3) is 0 Å². The first kappa shape index (κ1) is 20.4. The smallest absolute Gasteiger partial charge is 0.226 e. The Morgan fingerprint density at radius 2 is 1.82 bits per heavy atom. The fourth-order valence-corrected chi connectivity index (χ4v) is 3.80. The highest BCUT2D eigenvalue weighted by Gasteiger charge is 2.40. The summed E-state index contributed by atoms with van der Waals surface area (Å²) in [6.45, 7) is 5.45. The third-order valence-electron chi connectivity index (χ3n) is 5.84. The van der Waals surface area contributed by atoms with Crippen LogP contribution in [0, 0.1) is 5.41 Å². The lowest BCUT2D eigenvalue weighted by Gasteiger charge is -2.36. The molecule has 0 saturated carbocycles. The summed E-state index contributed by atoms with van der Waals surface area (Å²) in [5.74, 6) is 1.03. The Kier molecular flexibility index (Phi) is 6.74. The van der Waals surface area contributed by atoms with Gasteiger partial charge < -0.3 is 14.8 Å². The largest absolute Gasteiger partial charge is 0.496 e. The number of methoxy groups -OCH3 is 1. The van der Waals surface area contributed by atoms with E-state index in [0.29, 0.717) is 13.2 Å². The first-order chi connectivity index (χ1) is 13.6. The number of hydrogen-bond acceptors (Lipinski definition) is 3. The van der Waals surface area contributed by atoms with Crippen molar-refractivity contribution in [2.45, 2.75) is 45.6 Å². The van der Waals surface area contributed by atoms with Gasteiger partial charge in [-0.1, -0.05) is 49.4 Å². The van der Waals surface area contributed by atoms with Crippen LogP contribution in [0.4, 0.5) is 0 Å². The number of nitrogens with one attached hydrogen (secondary N) is 1. The molecule has 2 aromatic rings. The van der Waals surface area contributed by atoms with Gasteiger partial charge in [-0.25, -0.2) is 0 Å². The third kappa shape index (κ3) is 4.56. The second-order valence-electron chi connectivity index (χ2n) is 7.75. The Balaban J connectivity index is 1.80. The van der Waals surface area contributed by atoms with E-state index in [0.717, 1.165) is 42.6 Å². The highest BCUT2D eigenvalue weighted by molar-refractivity contribution is 5.83. The summed E-state index contributed by atoms with van der Waals surface area (Å²) in [7, 11) is 1.69. The molecule has 1 heterocycles. The molecular weight excluding hydrogens is 350 g/mol. The van der Waals surface area contributed by atoms with Gasteiger partial charge in [0.05, 0.1) is 12.5 Å². The lowest BCUT2D eigenvalue weighted by Crippen LogP contribution is -2.48. The molecule has 1 aliphatic rings. The van der Waals surface area contributed by atoms with Gasteiger partial charge in [0.1, 0.15) is 5.75 Å². The Morgan fingerprint density at radius 1 is 1.14 bits per heavy atom. The Bertz CT molecular complexity index is 779. The SMILES string of the molecule is CCC(C)NC(=O)C1(Cc2ccc(-c3ccccc3OC)cc2)CCOCC1. The topological polar surface area (TPSA) is 47.6 Å². The second-order valence-corrected chi connectivity index (χ2v) is 7.75. The van der Waals surface area contributed by atoms with Crippen LogP contribution in [-0.2, 0) is 16.0 Å². The molecule has 28 heavy (non-hydrogen) atoms. The minimum absolute atomic E-state index is 0.166. The molecule has 1 unspecified atom stereocenters. The number of carbonyl (C=O) groups is 1. The van der Waals surface area contributed by atoms with Gasteiger partial charge in [0, 0.05) is 24.8 Å². The van der Waals surface area contributed by atoms with Crippen molar-refractivity contribution in [2.75, 3.05) is 20.3 Å². The van der Waals surface area contributed by atoms with Crippen molar-refractivity contribution in [3.05, 3.63) is 54.1 Å². The first-order valence-corrected chi connectivity index (χ1v) is 10.2. The Morgan fingerprint density at radius 3 is 2.46 bits per heavy atom. The zero-order valence-electron chi connectivity index (χ0n) is 17.2. The van der Waals surface area contributed by atoms with Gasteiger partial charge in [0.2, 0.25) is 5.91 Å². The molecule has 1 aliphatic heterocycles. The lowest BCUT2D eigenvalue weighted by molar-refractivity contribution is -0.137. The maximum Gasteiger partial charge on any atom is 0.226 e. The number of amides is 1. The molecule has 0 radical (unpaired) electrons. The Labute approximate surface area is 168 Å². The number of rotatable bonds is 7. The maximum absolute atomic E-state index is 13.1. The quantitative estimate of drug-likeness (QED) is 0.761. The summed E-state index contributed by atoms with van der Waals surface area (Å²) >= 11 is 0. The lowest BCUT2D eigenvalue weighted by atomic mass is 9.74. The van der Waals surface area contributed by atoms with Crippen molar-refractivity contribution in [2.24, 2.45) is 5.41 Å². The molecule has 3 rings (SSSR count). The van der Waals surface area contributed by atoms with Gasteiger partial charge in [-0.05, 0) is 49.8 Å². The minimum Gasteiger partial charge on any atom is -0.496 e. The van der Waals surface area contributed by atoms with E-state index in [4.69, 9.17) is 9.47 Å². The highest BCUT2D eigenvalue weighted by atomic mass is 16.5. The zero-order valence-corrected chi connectivity index (χ0v) is 17.2. The molecule has 4 heteroatoms. The van der Waals surface area contributed by atoms with Gasteiger partial charge in [-0.3, -0.25) is 4.79 Å². The monoisotopic (exact) mass is 381 g/mol. The molecule has 4 nitrogen and oxygen atoms in total. The second kappa shape index (κ2) is 9.24. The first-order valence-electron chi connectivity index (χ1n) is 10.2. The summed E-state index contributed by atoms with van der Waals surface area (Å²) in [5.41, 5.74) is 2.99. The van der Waals surface area contributed by atoms with Crippen LogP contribution in [0.25, 0.3) is 11.1 Å². The Hall–Kier alpha value is -2.33. The van der Waals surface area contributed by atoms with Gasteiger partial charge in [0.15, 0.2) is 0 Å². The van der Waals surface area contributed by atoms with Gasteiger partial charge in [-0.15, -0.1) is 0 Å². The molecule has 0 aromatic heterocycles. The molecule has 0 bridgehead atoms. The van der Waals surface area contributed by atoms with E-state index in [9.17, 15) is 4.79 Å². The molecule has 1 fully saturated rings. The van der Waals surface area contributed by atoms with Gasteiger partial charge >= 0.3 is 0 Å². The van der Waals surface area contributed by atoms with Crippen molar-refractivity contribution in [1.82, 2.24) is 5.32 Å². The minimum atomic E-state index is -0.381. The number of hydrogen-bond donors (Lipinski definition) is 1. The molecule has 0 spiro atoms. The van der Waals surface area contributed by atoms with Crippen LogP contribution >= 0.6 is 0 Å². The summed E-state index contributed by atoms with van der Waals surface area (Å²) in [6.07, 6.45) is 3.21. The van der Waals surface area contributed by atoms with Crippen molar-refractivity contribution in [3.8, 4) is 16.9 Å². The maximum atomic E-state index is 13.1. The van der Waals surface area contributed by atoms with E-state index in [1.807, 2.05) is 18.2 Å². The fourth-order valence-electron chi connectivity index (χ4n) is 3.80. The predicted octanol–water partition coefficient (Wildman–Crippen LogP) is 4.62. The van der Waals surface area contributed by atoms with E-state index >= 15 is 0 Å². The van der Waals surface area contributed by atoms with Crippen molar-refractivity contribution in [3.63, 3.8) is 0 Å². The molecule has 1 N–H and O–H groups in total. The number of para-hydroxylation sites is 1. The highest BCUT2D eigenvalue weighted by Crippen LogP contribution is 2.36. The molecule has 2 aromatic carbocycles. The fraction of sp³-hybridized carbons (Fsp3) is 0.458. The number of ether oxygens (including phenoxy) is 2. The van der Waals surface area contributed by atoms with E-state index in [2.05, 4.69) is 49.5 Å². The number of benzene rings is 2. The van der Waals surface area contributed by atoms with Crippen LogP contribution in [-0.4, -0.2) is 32.3 Å². The van der Waals surface area contributed by atoms with Crippen molar-refractivity contribution >= 4 is 5.91 Å². The van der Waals surface area contributed by atoms with Crippen molar-refractivity contribution < 1.29 is 14.3 Å². The average Bonchev–Trinajstić information content (AvgIpc) is 2.74. The summed E-state index contributed by atoms with van der Waals surface area (Å²) < 4.78 is 11.0. The van der Waals surface area contributed by atoms with E-state index in [1.165, 1.54) is 5.56 Å². The van der Waals surface area contributed by atoms with E-state index in [-0.39, 0.29) is 17.4 Å². The molecule has 150 valence electrons. The van der Waals surface area contributed by atoms with Crippen LogP contribution in [0.3, 0.4) is 0 Å². The van der Waals surface area contributed by atoms with Gasteiger partial charge in [-0.2, -0.15) is 0 Å². The molecule has 0 aliphatic carbocycles. The molecule has 1 saturated heterocycles. The zero-order chi connectivity index (χ0) is 20.0. The van der Waals surface area contributed by atoms with Crippen molar-refractivity contribution in [1.29, 1.82) is 0 Å². The average molecular weight is 382 g/mol. The van der Waals surface area contributed by atoms with E-state index < -0.39 is 0 Å². The third-order valence-corrected chi connectivity index (χ3v) is 5.84. The normalized spacial score (nSPS) is 17.0.